The summed E-state index contributed by atoms with van der Waals surface area (Å²) in [5.41, 5.74) is -0.614. The number of anilines is 1. The number of pyridine rings is 1. The molecule has 0 unspecified atom stereocenters. The van der Waals surface area contributed by atoms with Crippen LogP contribution in [0.25, 0.3) is 11.0 Å². The van der Waals surface area contributed by atoms with Crippen molar-refractivity contribution in [3.63, 3.8) is 0 Å². The maximum Gasteiger partial charge on any atom is 0.416 e. The summed E-state index contributed by atoms with van der Waals surface area (Å²) in [6.45, 7) is 1.05. The van der Waals surface area contributed by atoms with Gasteiger partial charge in [0.05, 0.1) is 27.6 Å². The number of fused-ring (bicyclic) bond motifs is 1. The Balaban J connectivity index is 1.62. The second-order valence-electron chi connectivity index (χ2n) is 6.79. The third kappa shape index (κ3) is 3.84. The van der Waals surface area contributed by atoms with E-state index in [-0.39, 0.29) is 33.3 Å². The van der Waals surface area contributed by atoms with Crippen molar-refractivity contribution in [2.75, 3.05) is 18.5 Å². The van der Waals surface area contributed by atoms with E-state index in [0.29, 0.717) is 26.1 Å². The SMILES string of the molecule is O=C(Nc1ccc(C(F)(F)F)cc1)c1cnc2c(c(F)nn2C2CCOCC2)c1Cl. The Hall–Kier alpha value is -2.72. The molecule has 1 N–H and O–H groups in total. The summed E-state index contributed by atoms with van der Waals surface area (Å²) >= 11 is 6.28. The molecule has 0 saturated carbocycles. The van der Waals surface area contributed by atoms with Crippen molar-refractivity contribution < 1.29 is 27.1 Å². The second-order valence-corrected chi connectivity index (χ2v) is 7.17. The highest BCUT2D eigenvalue weighted by Crippen LogP contribution is 2.33. The van der Waals surface area contributed by atoms with Crippen LogP contribution >= 0.6 is 11.6 Å². The molecule has 1 aliphatic rings. The van der Waals surface area contributed by atoms with Crippen LogP contribution in [0.15, 0.2) is 30.5 Å². The number of nitrogens with zero attached hydrogens (tertiary/aromatic N) is 3. The van der Waals surface area contributed by atoms with E-state index in [1.54, 1.807) is 0 Å². The summed E-state index contributed by atoms with van der Waals surface area (Å²) < 4.78 is 59.3. The number of rotatable bonds is 3. The third-order valence-electron chi connectivity index (χ3n) is 4.87. The van der Waals surface area contributed by atoms with Crippen LogP contribution in [0.1, 0.15) is 34.8 Å². The molecule has 0 aliphatic carbocycles. The first kappa shape index (κ1) is 20.5. The summed E-state index contributed by atoms with van der Waals surface area (Å²) in [6, 6.07) is 3.82. The number of alkyl halides is 3. The number of hydrogen-bond acceptors (Lipinski definition) is 4. The molecule has 30 heavy (non-hydrogen) atoms. The van der Waals surface area contributed by atoms with Crippen LogP contribution in [0.3, 0.4) is 0 Å². The van der Waals surface area contributed by atoms with Crippen molar-refractivity contribution in [3.05, 3.63) is 52.6 Å². The van der Waals surface area contributed by atoms with Gasteiger partial charge in [0.2, 0.25) is 5.95 Å². The maximum atomic E-state index is 14.5. The minimum absolute atomic E-state index is 0.0803. The molecule has 1 fully saturated rings. The molecule has 0 radical (unpaired) electrons. The first-order valence-electron chi connectivity index (χ1n) is 9.04. The fourth-order valence-corrected chi connectivity index (χ4v) is 3.61. The number of benzene rings is 1. The zero-order valence-corrected chi connectivity index (χ0v) is 16.1. The summed E-state index contributed by atoms with van der Waals surface area (Å²) in [6.07, 6.45) is -2.00. The topological polar surface area (TPSA) is 69.0 Å². The van der Waals surface area contributed by atoms with E-state index in [9.17, 15) is 22.4 Å². The van der Waals surface area contributed by atoms with Crippen molar-refractivity contribution in [2.24, 2.45) is 0 Å². The summed E-state index contributed by atoms with van der Waals surface area (Å²) in [5.74, 6) is -1.58. The van der Waals surface area contributed by atoms with Crippen LogP contribution in [0.2, 0.25) is 5.02 Å². The molecule has 4 rings (SSSR count). The fourth-order valence-electron chi connectivity index (χ4n) is 3.31. The molecule has 0 bridgehead atoms. The van der Waals surface area contributed by atoms with E-state index in [1.807, 2.05) is 0 Å². The molecule has 11 heteroatoms. The Morgan fingerprint density at radius 3 is 2.50 bits per heavy atom. The van der Waals surface area contributed by atoms with Gasteiger partial charge in [-0.05, 0) is 37.1 Å². The lowest BCUT2D eigenvalue weighted by Crippen LogP contribution is -2.21. The number of hydrogen-bond donors (Lipinski definition) is 1. The van der Waals surface area contributed by atoms with Gasteiger partial charge >= 0.3 is 6.18 Å². The second kappa shape index (κ2) is 7.84. The summed E-state index contributed by atoms with van der Waals surface area (Å²) in [7, 11) is 0. The van der Waals surface area contributed by atoms with Crippen LogP contribution in [-0.2, 0) is 10.9 Å². The molecule has 1 aliphatic heterocycles. The molecule has 3 heterocycles. The van der Waals surface area contributed by atoms with Crippen LogP contribution < -0.4 is 5.32 Å². The molecule has 3 aromatic rings. The van der Waals surface area contributed by atoms with Crippen molar-refractivity contribution >= 4 is 34.2 Å². The van der Waals surface area contributed by atoms with Gasteiger partial charge < -0.3 is 10.1 Å². The first-order chi connectivity index (χ1) is 14.3. The van der Waals surface area contributed by atoms with Gasteiger partial charge in [0.1, 0.15) is 0 Å². The van der Waals surface area contributed by atoms with Crippen LogP contribution in [0.4, 0.5) is 23.2 Å². The highest BCUT2D eigenvalue weighted by atomic mass is 35.5. The Kier molecular flexibility index (Phi) is 5.37. The molecule has 2 aromatic heterocycles. The average molecular weight is 443 g/mol. The number of carbonyl (C=O) groups is 1. The van der Waals surface area contributed by atoms with Crippen molar-refractivity contribution in [2.45, 2.75) is 25.1 Å². The average Bonchev–Trinajstić information content (AvgIpc) is 3.06. The maximum absolute atomic E-state index is 14.5. The van der Waals surface area contributed by atoms with Crippen LogP contribution in [0.5, 0.6) is 0 Å². The predicted octanol–water partition coefficient (Wildman–Crippen LogP) is 4.85. The molecule has 6 nitrogen and oxygen atoms in total. The lowest BCUT2D eigenvalue weighted by molar-refractivity contribution is -0.137. The van der Waals surface area contributed by atoms with E-state index in [4.69, 9.17) is 16.3 Å². The number of aromatic nitrogens is 3. The van der Waals surface area contributed by atoms with Crippen molar-refractivity contribution in [3.8, 4) is 0 Å². The van der Waals surface area contributed by atoms with Gasteiger partial charge in [-0.2, -0.15) is 17.6 Å². The number of ether oxygens (including phenoxy) is 1. The Morgan fingerprint density at radius 1 is 1.20 bits per heavy atom. The molecule has 1 saturated heterocycles. The minimum Gasteiger partial charge on any atom is -0.381 e. The van der Waals surface area contributed by atoms with E-state index >= 15 is 0 Å². The standard InChI is InChI=1S/C19H15ClF4N4O2/c20-15-13(18(29)26-11-3-1-10(2-4-11)19(22,23)24)9-25-17-14(15)16(21)27-28(17)12-5-7-30-8-6-12/h1-4,9,12H,5-8H2,(H,26,29). The number of halogens is 5. The molecule has 1 amide bonds. The zero-order valence-electron chi connectivity index (χ0n) is 15.3. The number of amides is 1. The van der Waals surface area contributed by atoms with Gasteiger partial charge in [0.15, 0.2) is 5.65 Å². The molecule has 158 valence electrons. The van der Waals surface area contributed by atoms with Gasteiger partial charge in [-0.25, -0.2) is 9.67 Å². The lowest BCUT2D eigenvalue weighted by atomic mass is 10.1. The highest BCUT2D eigenvalue weighted by molar-refractivity contribution is 6.38. The minimum atomic E-state index is -4.48. The van der Waals surface area contributed by atoms with Gasteiger partial charge in [0, 0.05) is 25.1 Å². The Bertz CT molecular complexity index is 1090. The zero-order chi connectivity index (χ0) is 21.5. The molecular weight excluding hydrogens is 428 g/mol. The van der Waals surface area contributed by atoms with Crippen molar-refractivity contribution in [1.82, 2.24) is 14.8 Å². The quantitative estimate of drug-likeness (QED) is 0.589. The van der Waals surface area contributed by atoms with Gasteiger partial charge in [-0.1, -0.05) is 11.6 Å². The van der Waals surface area contributed by atoms with Gasteiger partial charge in [-0.3, -0.25) is 4.79 Å². The highest BCUT2D eigenvalue weighted by Gasteiger charge is 2.30. The smallest absolute Gasteiger partial charge is 0.381 e. The van der Waals surface area contributed by atoms with E-state index in [1.165, 1.54) is 10.9 Å². The third-order valence-corrected chi connectivity index (χ3v) is 5.26. The normalized spacial score (nSPS) is 15.5. The van der Waals surface area contributed by atoms with Gasteiger partial charge in [-0.15, -0.1) is 5.10 Å². The van der Waals surface area contributed by atoms with E-state index in [0.717, 1.165) is 24.3 Å². The Morgan fingerprint density at radius 2 is 1.87 bits per heavy atom. The molecule has 0 atom stereocenters. The molecule has 0 spiro atoms. The largest absolute Gasteiger partial charge is 0.416 e. The molecular formula is C19H15ClF4N4O2. The summed E-state index contributed by atoms with van der Waals surface area (Å²) in [4.78, 5) is 16.7. The van der Waals surface area contributed by atoms with Crippen LogP contribution in [0, 0.1) is 5.95 Å². The van der Waals surface area contributed by atoms with E-state index < -0.39 is 23.6 Å². The first-order valence-corrected chi connectivity index (χ1v) is 9.42. The monoisotopic (exact) mass is 442 g/mol. The predicted molar refractivity (Wildman–Crippen MR) is 101 cm³/mol. The van der Waals surface area contributed by atoms with E-state index in [2.05, 4.69) is 15.4 Å². The summed E-state index contributed by atoms with van der Waals surface area (Å²) in [5, 5.41) is 6.09. The number of nitrogens with one attached hydrogen (secondary N) is 1. The van der Waals surface area contributed by atoms with Crippen LogP contribution in [-0.4, -0.2) is 33.9 Å². The van der Waals surface area contributed by atoms with Crippen molar-refractivity contribution in [1.29, 1.82) is 0 Å². The fraction of sp³-hybridized carbons (Fsp3) is 0.316. The van der Waals surface area contributed by atoms with Gasteiger partial charge in [0.25, 0.3) is 5.91 Å². The Labute approximate surface area is 172 Å². The number of carbonyl (C=O) groups excluding carboxylic acids is 1. The lowest BCUT2D eigenvalue weighted by Gasteiger charge is -2.22. The molecule has 1 aromatic carbocycles.